The van der Waals surface area contributed by atoms with Gasteiger partial charge in [0.05, 0.1) is 24.7 Å². The maximum atomic E-state index is 12.6. The number of benzene rings is 2. The molecule has 0 saturated carbocycles. The van der Waals surface area contributed by atoms with Crippen LogP contribution >= 0.6 is 0 Å². The van der Waals surface area contributed by atoms with Gasteiger partial charge in [-0.05, 0) is 52.9 Å². The summed E-state index contributed by atoms with van der Waals surface area (Å²) in [7, 11) is 1.76. The van der Waals surface area contributed by atoms with Crippen LogP contribution in [-0.4, -0.2) is 44.8 Å². The molecule has 7 nitrogen and oxygen atoms in total. The molecule has 1 aliphatic heterocycles. The molecule has 1 aliphatic rings. The molecular formula is C24H19N5O2. The number of nitrogens with zero attached hydrogens (tertiary/aromatic N) is 5. The highest BCUT2D eigenvalue weighted by molar-refractivity contribution is 5.93. The van der Waals surface area contributed by atoms with Crippen molar-refractivity contribution in [3.8, 4) is 22.9 Å². The Balaban J connectivity index is 1.40. The normalized spacial score (nSPS) is 13.6. The van der Waals surface area contributed by atoms with Crippen LogP contribution in [0.1, 0.15) is 16.1 Å². The van der Waals surface area contributed by atoms with Crippen molar-refractivity contribution in [2.75, 3.05) is 13.1 Å². The molecule has 0 atom stereocenters. The van der Waals surface area contributed by atoms with Crippen LogP contribution in [0, 0.1) is 11.3 Å². The van der Waals surface area contributed by atoms with Crippen LogP contribution in [0.5, 0.6) is 5.75 Å². The van der Waals surface area contributed by atoms with E-state index < -0.39 is 0 Å². The van der Waals surface area contributed by atoms with E-state index in [1.54, 1.807) is 47.4 Å². The van der Waals surface area contributed by atoms with Crippen LogP contribution in [0.3, 0.4) is 0 Å². The van der Waals surface area contributed by atoms with Crippen molar-refractivity contribution < 1.29 is 9.53 Å². The zero-order chi connectivity index (χ0) is 21.4. The minimum Gasteiger partial charge on any atom is -0.486 e. The molecule has 5 rings (SSSR count). The first-order valence-electron chi connectivity index (χ1n) is 9.94. The first kappa shape index (κ1) is 18.8. The van der Waals surface area contributed by atoms with Gasteiger partial charge in [-0.25, -0.2) is 0 Å². The molecule has 1 amide bonds. The lowest BCUT2D eigenvalue weighted by Gasteiger charge is -2.39. The van der Waals surface area contributed by atoms with Gasteiger partial charge in [0.1, 0.15) is 17.5 Å². The van der Waals surface area contributed by atoms with Crippen molar-refractivity contribution in [2.45, 2.75) is 6.10 Å². The second kappa shape index (κ2) is 7.58. The lowest BCUT2D eigenvalue weighted by Crippen LogP contribution is -2.56. The maximum absolute atomic E-state index is 12.6. The van der Waals surface area contributed by atoms with E-state index in [2.05, 4.69) is 22.2 Å². The highest BCUT2D eigenvalue weighted by Crippen LogP contribution is 2.34. The third-order valence-electron chi connectivity index (χ3n) is 5.51. The van der Waals surface area contributed by atoms with Gasteiger partial charge >= 0.3 is 0 Å². The van der Waals surface area contributed by atoms with Crippen LogP contribution in [0.25, 0.3) is 21.9 Å². The SMILES string of the molecule is Cn1nccc1C(=O)N1CC(Oc2cc(-c3cccc(C#N)c3)cc3ccncc23)C1. The Morgan fingerprint density at radius 1 is 1.13 bits per heavy atom. The third-order valence-corrected chi connectivity index (χ3v) is 5.51. The lowest BCUT2D eigenvalue weighted by molar-refractivity contribution is 0.0176. The highest BCUT2D eigenvalue weighted by atomic mass is 16.5. The van der Waals surface area contributed by atoms with Crippen molar-refractivity contribution in [3.05, 3.63) is 78.4 Å². The van der Waals surface area contributed by atoms with Gasteiger partial charge in [-0.1, -0.05) is 12.1 Å². The first-order chi connectivity index (χ1) is 15.1. The Labute approximate surface area is 179 Å². The van der Waals surface area contributed by atoms with Crippen molar-refractivity contribution in [2.24, 2.45) is 7.05 Å². The highest BCUT2D eigenvalue weighted by Gasteiger charge is 2.34. The molecule has 152 valence electrons. The number of carbonyl (C=O) groups excluding carboxylic acids is 1. The molecule has 0 N–H and O–H groups in total. The van der Waals surface area contributed by atoms with Crippen molar-refractivity contribution in [1.82, 2.24) is 19.7 Å². The summed E-state index contributed by atoms with van der Waals surface area (Å²) >= 11 is 0. The van der Waals surface area contributed by atoms with Gasteiger partial charge in [-0.15, -0.1) is 0 Å². The van der Waals surface area contributed by atoms with Gasteiger partial charge in [0.2, 0.25) is 0 Å². The van der Waals surface area contributed by atoms with Gasteiger partial charge in [0.15, 0.2) is 0 Å². The summed E-state index contributed by atoms with van der Waals surface area (Å²) in [6.45, 7) is 1.03. The molecule has 2 aromatic heterocycles. The fourth-order valence-corrected chi connectivity index (χ4v) is 3.80. The number of pyridine rings is 1. The quantitative estimate of drug-likeness (QED) is 0.516. The molecule has 7 heteroatoms. The molecule has 0 spiro atoms. The number of rotatable bonds is 4. The van der Waals surface area contributed by atoms with Gasteiger partial charge in [-0.3, -0.25) is 14.5 Å². The van der Waals surface area contributed by atoms with Crippen LogP contribution in [0.4, 0.5) is 0 Å². The van der Waals surface area contributed by atoms with Gasteiger partial charge in [0.25, 0.3) is 5.91 Å². The lowest BCUT2D eigenvalue weighted by atomic mass is 10.00. The van der Waals surface area contributed by atoms with E-state index in [9.17, 15) is 10.1 Å². The van der Waals surface area contributed by atoms with Crippen molar-refractivity contribution >= 4 is 16.7 Å². The number of hydrogen-bond donors (Lipinski definition) is 0. The number of aryl methyl sites for hydroxylation is 1. The third kappa shape index (κ3) is 3.49. The average Bonchev–Trinajstić information content (AvgIpc) is 3.21. The molecule has 0 radical (unpaired) electrons. The summed E-state index contributed by atoms with van der Waals surface area (Å²) in [4.78, 5) is 18.6. The van der Waals surface area contributed by atoms with E-state index in [4.69, 9.17) is 4.74 Å². The number of aromatic nitrogens is 3. The van der Waals surface area contributed by atoms with E-state index in [0.29, 0.717) is 24.3 Å². The number of likely N-dealkylation sites (tertiary alicyclic amines) is 1. The summed E-state index contributed by atoms with van der Waals surface area (Å²) in [5.74, 6) is 0.675. The Hall–Kier alpha value is -4.18. The Kier molecular flexibility index (Phi) is 4.60. The van der Waals surface area contributed by atoms with E-state index in [1.165, 1.54) is 0 Å². The number of ether oxygens (including phenoxy) is 1. The Morgan fingerprint density at radius 2 is 2.00 bits per heavy atom. The second-order valence-electron chi connectivity index (χ2n) is 7.55. The fraction of sp³-hybridized carbons (Fsp3) is 0.167. The van der Waals surface area contributed by atoms with Crippen molar-refractivity contribution in [3.63, 3.8) is 0 Å². The van der Waals surface area contributed by atoms with Crippen LogP contribution in [-0.2, 0) is 7.05 Å². The largest absolute Gasteiger partial charge is 0.486 e. The average molecular weight is 409 g/mol. The number of hydrogen-bond acceptors (Lipinski definition) is 5. The zero-order valence-corrected chi connectivity index (χ0v) is 16.9. The Bertz CT molecular complexity index is 1330. The molecule has 1 saturated heterocycles. The number of carbonyl (C=O) groups is 1. The molecule has 1 fully saturated rings. The predicted octanol–water partition coefficient (Wildman–Crippen LogP) is 3.41. The fourth-order valence-electron chi connectivity index (χ4n) is 3.80. The molecule has 31 heavy (non-hydrogen) atoms. The molecule has 0 bridgehead atoms. The van der Waals surface area contributed by atoms with E-state index in [0.717, 1.165) is 27.6 Å². The summed E-state index contributed by atoms with van der Waals surface area (Å²) in [5, 5.41) is 15.2. The summed E-state index contributed by atoms with van der Waals surface area (Å²) in [5.41, 5.74) is 3.09. The zero-order valence-electron chi connectivity index (χ0n) is 16.9. The second-order valence-corrected chi connectivity index (χ2v) is 7.55. The van der Waals surface area contributed by atoms with Crippen LogP contribution in [0.15, 0.2) is 67.1 Å². The van der Waals surface area contributed by atoms with E-state index in [1.807, 2.05) is 30.3 Å². The molecule has 0 aliphatic carbocycles. The summed E-state index contributed by atoms with van der Waals surface area (Å²) in [6.07, 6.45) is 5.06. The molecule has 0 unspecified atom stereocenters. The van der Waals surface area contributed by atoms with Crippen LogP contribution in [0.2, 0.25) is 0 Å². The number of nitriles is 1. The molecule has 2 aromatic carbocycles. The number of amides is 1. The van der Waals surface area contributed by atoms with Crippen molar-refractivity contribution in [1.29, 1.82) is 5.26 Å². The van der Waals surface area contributed by atoms with Crippen LogP contribution < -0.4 is 4.74 Å². The minimum atomic E-state index is -0.0960. The van der Waals surface area contributed by atoms with Gasteiger partial charge in [-0.2, -0.15) is 10.4 Å². The minimum absolute atomic E-state index is 0.0477. The van der Waals surface area contributed by atoms with Gasteiger partial charge < -0.3 is 9.64 Å². The Morgan fingerprint density at radius 3 is 2.77 bits per heavy atom. The van der Waals surface area contributed by atoms with E-state index >= 15 is 0 Å². The monoisotopic (exact) mass is 409 g/mol. The van der Waals surface area contributed by atoms with E-state index in [-0.39, 0.29) is 12.0 Å². The topological polar surface area (TPSA) is 84.0 Å². The summed E-state index contributed by atoms with van der Waals surface area (Å²) in [6, 6.07) is 17.4. The summed E-state index contributed by atoms with van der Waals surface area (Å²) < 4.78 is 7.87. The predicted molar refractivity (Wildman–Crippen MR) is 115 cm³/mol. The smallest absolute Gasteiger partial charge is 0.272 e. The molecule has 4 aromatic rings. The first-order valence-corrected chi connectivity index (χ1v) is 9.94. The molecule has 3 heterocycles. The standard InChI is InChI=1S/C24H19N5O2/c1-28-22(6-8-27-28)24(30)29-14-20(15-29)31-23-11-19(10-18-5-7-26-13-21(18)23)17-4-2-3-16(9-17)12-25/h2-11,13,20H,14-15H2,1H3. The van der Waals surface area contributed by atoms with Gasteiger partial charge in [0, 0.05) is 31.0 Å². The number of fused-ring (bicyclic) bond motifs is 1. The molecular weight excluding hydrogens is 390 g/mol. The maximum Gasteiger partial charge on any atom is 0.272 e.